The first-order chi connectivity index (χ1) is 17.0. The molecule has 186 valence electrons. The number of aryl methyl sites for hydroxylation is 1. The van der Waals surface area contributed by atoms with Gasteiger partial charge in [0.15, 0.2) is 0 Å². The normalized spacial score (nSPS) is 15.3. The molecule has 1 aliphatic rings. The van der Waals surface area contributed by atoms with Crippen LogP contribution in [0.3, 0.4) is 0 Å². The number of anilines is 1. The molecule has 0 aliphatic carbocycles. The smallest absolute Gasteiger partial charge is 0.418 e. The zero-order valence-corrected chi connectivity index (χ0v) is 21.5. The Bertz CT molecular complexity index is 1450. The molecule has 0 unspecified atom stereocenters. The quantitative estimate of drug-likeness (QED) is 0.263. The van der Waals surface area contributed by atoms with Crippen molar-refractivity contribution in [3.8, 4) is 5.69 Å². The summed E-state index contributed by atoms with van der Waals surface area (Å²) in [6.07, 6.45) is -3.01. The number of ether oxygens (including phenoxy) is 1. The number of carbonyl (C=O) groups is 2. The molecule has 0 radical (unpaired) electrons. The van der Waals surface area contributed by atoms with Crippen molar-refractivity contribution in [1.82, 2.24) is 4.57 Å². The molecular weight excluding hydrogens is 537 g/mol. The van der Waals surface area contributed by atoms with E-state index >= 15 is 0 Å². The van der Waals surface area contributed by atoms with Gasteiger partial charge in [-0.05, 0) is 68.8 Å². The number of halogens is 4. The molecule has 9 heteroatoms. The lowest BCUT2D eigenvalue weighted by Gasteiger charge is -2.18. The van der Waals surface area contributed by atoms with Crippen molar-refractivity contribution in [1.29, 1.82) is 0 Å². The lowest BCUT2D eigenvalue weighted by Crippen LogP contribution is -2.24. The molecule has 0 saturated carbocycles. The fraction of sp³-hybridized carbons (Fsp3) is 0.185. The van der Waals surface area contributed by atoms with Crippen LogP contribution < -0.4 is 4.90 Å². The first kappa shape index (κ1) is 25.5. The Balaban J connectivity index is 1.88. The molecule has 0 fully saturated rings. The molecule has 1 amide bonds. The molecule has 0 bridgehead atoms. The Morgan fingerprint density at radius 1 is 1.03 bits per heavy atom. The lowest BCUT2D eigenvalue weighted by molar-refractivity contribution is -0.137. The van der Waals surface area contributed by atoms with E-state index in [0.717, 1.165) is 10.5 Å². The van der Waals surface area contributed by atoms with E-state index in [2.05, 4.69) is 15.9 Å². The first-order valence-corrected chi connectivity index (χ1v) is 11.7. The van der Waals surface area contributed by atoms with Crippen molar-refractivity contribution in [2.75, 3.05) is 12.0 Å². The number of aromatic nitrogens is 1. The van der Waals surface area contributed by atoms with E-state index in [1.54, 1.807) is 51.1 Å². The van der Waals surface area contributed by atoms with E-state index in [0.29, 0.717) is 28.3 Å². The van der Waals surface area contributed by atoms with Gasteiger partial charge >= 0.3 is 12.1 Å². The molecule has 4 rings (SSSR count). The maximum absolute atomic E-state index is 13.7. The van der Waals surface area contributed by atoms with Crippen LogP contribution in [0.15, 0.2) is 75.9 Å². The Hall–Kier alpha value is -3.59. The van der Waals surface area contributed by atoms with Gasteiger partial charge in [-0.1, -0.05) is 34.1 Å². The number of benzene rings is 2. The fourth-order valence-electron chi connectivity index (χ4n) is 4.47. The number of para-hydroxylation sites is 1. The highest BCUT2D eigenvalue weighted by Crippen LogP contribution is 2.38. The summed E-state index contributed by atoms with van der Waals surface area (Å²) in [7, 11) is 1.23. The van der Waals surface area contributed by atoms with Gasteiger partial charge in [-0.2, -0.15) is 13.2 Å². The Morgan fingerprint density at radius 2 is 1.72 bits per heavy atom. The Labute approximate surface area is 214 Å². The zero-order chi connectivity index (χ0) is 26.4. The molecule has 0 saturated heterocycles. The van der Waals surface area contributed by atoms with E-state index < -0.39 is 23.6 Å². The number of rotatable bonds is 4. The molecule has 36 heavy (non-hydrogen) atoms. The van der Waals surface area contributed by atoms with E-state index in [9.17, 15) is 22.8 Å². The van der Waals surface area contributed by atoms with Gasteiger partial charge in [0.25, 0.3) is 5.91 Å². The van der Waals surface area contributed by atoms with Crippen LogP contribution in [-0.2, 0) is 20.5 Å². The molecular formula is C27H22BrF3N2O3. The van der Waals surface area contributed by atoms with Crippen LogP contribution in [0.25, 0.3) is 11.8 Å². The highest BCUT2D eigenvalue weighted by atomic mass is 79.9. The SMILES string of the molecule is COC(=O)C1=C(C)N(c2cccc(Br)c2)C(=O)/C1=C\c1cc(C)n(-c2ccccc2C(F)(F)F)c1C. The van der Waals surface area contributed by atoms with Crippen LogP contribution in [0.1, 0.15) is 29.4 Å². The molecule has 0 N–H and O–H groups in total. The summed E-state index contributed by atoms with van der Waals surface area (Å²) in [5, 5.41) is 0. The summed E-state index contributed by atoms with van der Waals surface area (Å²) in [6.45, 7) is 5.01. The van der Waals surface area contributed by atoms with Crippen LogP contribution >= 0.6 is 15.9 Å². The summed E-state index contributed by atoms with van der Waals surface area (Å²) in [6, 6.07) is 14.1. The second kappa shape index (κ2) is 9.46. The van der Waals surface area contributed by atoms with Crippen LogP contribution in [0.4, 0.5) is 18.9 Å². The van der Waals surface area contributed by atoms with Crippen LogP contribution in [0.2, 0.25) is 0 Å². The van der Waals surface area contributed by atoms with Gasteiger partial charge in [-0.25, -0.2) is 4.79 Å². The largest absolute Gasteiger partial charge is 0.465 e. The summed E-state index contributed by atoms with van der Waals surface area (Å²) in [4.78, 5) is 27.7. The molecule has 2 aromatic carbocycles. The van der Waals surface area contributed by atoms with Crippen molar-refractivity contribution in [3.05, 3.63) is 98.4 Å². The summed E-state index contributed by atoms with van der Waals surface area (Å²) < 4.78 is 48.3. The second-order valence-electron chi connectivity index (χ2n) is 8.31. The topological polar surface area (TPSA) is 51.5 Å². The highest BCUT2D eigenvalue weighted by Gasteiger charge is 2.38. The van der Waals surface area contributed by atoms with Gasteiger partial charge in [-0.3, -0.25) is 9.69 Å². The first-order valence-electron chi connectivity index (χ1n) is 10.9. The van der Waals surface area contributed by atoms with Crippen molar-refractivity contribution in [2.45, 2.75) is 26.9 Å². The van der Waals surface area contributed by atoms with Crippen molar-refractivity contribution < 1.29 is 27.5 Å². The minimum Gasteiger partial charge on any atom is -0.465 e. The third-order valence-corrected chi connectivity index (χ3v) is 6.57. The lowest BCUT2D eigenvalue weighted by atomic mass is 10.0. The molecule has 0 spiro atoms. The van der Waals surface area contributed by atoms with Gasteiger partial charge in [0.2, 0.25) is 0 Å². The monoisotopic (exact) mass is 558 g/mol. The molecule has 3 aromatic rings. The number of methoxy groups -OCH3 is 1. The average molecular weight is 559 g/mol. The van der Waals surface area contributed by atoms with Crippen molar-refractivity contribution in [2.24, 2.45) is 0 Å². The molecule has 1 aliphatic heterocycles. The van der Waals surface area contributed by atoms with Gasteiger partial charge < -0.3 is 9.30 Å². The Kier molecular flexibility index (Phi) is 6.70. The van der Waals surface area contributed by atoms with Crippen LogP contribution in [0, 0.1) is 13.8 Å². The number of esters is 1. The molecule has 0 atom stereocenters. The highest BCUT2D eigenvalue weighted by molar-refractivity contribution is 9.10. The number of nitrogens with zero attached hydrogens (tertiary/aromatic N) is 2. The number of hydrogen-bond donors (Lipinski definition) is 0. The summed E-state index contributed by atoms with van der Waals surface area (Å²) in [5.74, 6) is -1.12. The predicted octanol–water partition coefficient (Wildman–Crippen LogP) is 6.75. The van der Waals surface area contributed by atoms with Crippen molar-refractivity contribution in [3.63, 3.8) is 0 Å². The van der Waals surface area contributed by atoms with Crippen LogP contribution in [0.5, 0.6) is 0 Å². The molecule has 1 aromatic heterocycles. The summed E-state index contributed by atoms with van der Waals surface area (Å²) in [5.41, 5.74) is 1.92. The number of allylic oxidation sites excluding steroid dienone is 1. The number of amides is 1. The zero-order valence-electron chi connectivity index (χ0n) is 19.9. The number of carbonyl (C=O) groups excluding carboxylic acids is 2. The van der Waals surface area contributed by atoms with E-state index in [-0.39, 0.29) is 16.8 Å². The van der Waals surface area contributed by atoms with Crippen LogP contribution in [-0.4, -0.2) is 23.6 Å². The standard InChI is InChI=1S/C27H22BrF3N2O3/c1-15-12-18(16(2)32(15)23-11-6-5-10-22(23)27(29,30)31)13-21-24(26(35)36-4)17(3)33(25(21)34)20-9-7-8-19(28)14-20/h5-14H,1-4H3/b21-13-. The molecule has 5 nitrogen and oxygen atoms in total. The second-order valence-corrected chi connectivity index (χ2v) is 9.22. The average Bonchev–Trinajstić information content (AvgIpc) is 3.23. The van der Waals surface area contributed by atoms with Gasteiger partial charge in [0.05, 0.1) is 35.2 Å². The number of hydrogen-bond acceptors (Lipinski definition) is 3. The fourth-order valence-corrected chi connectivity index (χ4v) is 4.86. The number of alkyl halides is 3. The third-order valence-electron chi connectivity index (χ3n) is 6.08. The van der Waals surface area contributed by atoms with Gasteiger partial charge in [0, 0.05) is 21.6 Å². The van der Waals surface area contributed by atoms with E-state index in [4.69, 9.17) is 4.74 Å². The third kappa shape index (κ3) is 4.39. The van der Waals surface area contributed by atoms with Gasteiger partial charge in [-0.15, -0.1) is 0 Å². The molecule has 2 heterocycles. The van der Waals surface area contributed by atoms with Crippen molar-refractivity contribution >= 4 is 39.6 Å². The minimum atomic E-state index is -4.54. The maximum Gasteiger partial charge on any atom is 0.418 e. The Morgan fingerprint density at radius 3 is 2.36 bits per heavy atom. The van der Waals surface area contributed by atoms with E-state index in [1.165, 1.54) is 34.8 Å². The minimum absolute atomic E-state index is 0.0157. The van der Waals surface area contributed by atoms with Gasteiger partial charge in [0.1, 0.15) is 0 Å². The maximum atomic E-state index is 13.7. The summed E-state index contributed by atoms with van der Waals surface area (Å²) >= 11 is 3.39. The predicted molar refractivity (Wildman–Crippen MR) is 135 cm³/mol. The van der Waals surface area contributed by atoms with E-state index in [1.807, 2.05) is 6.07 Å².